The third kappa shape index (κ3) is 3.07. The van der Waals surface area contributed by atoms with Gasteiger partial charge in [-0.3, -0.25) is 0 Å². The highest BCUT2D eigenvalue weighted by Gasteiger charge is 2.18. The van der Waals surface area contributed by atoms with E-state index in [2.05, 4.69) is 29.1 Å². The van der Waals surface area contributed by atoms with Crippen molar-refractivity contribution in [1.29, 1.82) is 0 Å². The lowest BCUT2D eigenvalue weighted by Gasteiger charge is -2.16. The van der Waals surface area contributed by atoms with Crippen LogP contribution in [0.25, 0.3) is 0 Å². The summed E-state index contributed by atoms with van der Waals surface area (Å²) in [6.45, 7) is 5.82. The van der Waals surface area contributed by atoms with Crippen LogP contribution in [0, 0.1) is 0 Å². The number of nitrogens with one attached hydrogen (secondary N) is 1. The molecule has 2 rings (SSSR count). The third-order valence-corrected chi connectivity index (χ3v) is 3.23. The summed E-state index contributed by atoms with van der Waals surface area (Å²) in [6, 6.07) is 0. The van der Waals surface area contributed by atoms with Crippen LogP contribution in [0.2, 0.25) is 5.15 Å². The number of aromatic nitrogens is 2. The van der Waals surface area contributed by atoms with Gasteiger partial charge < -0.3 is 10.1 Å². The molecule has 17 heavy (non-hydrogen) atoms. The van der Waals surface area contributed by atoms with E-state index in [1.165, 1.54) is 6.33 Å². The minimum atomic E-state index is 0.295. The second kappa shape index (κ2) is 5.65. The van der Waals surface area contributed by atoms with Gasteiger partial charge in [-0.25, -0.2) is 9.97 Å². The van der Waals surface area contributed by atoms with Crippen LogP contribution in [0.4, 0.5) is 5.82 Å². The van der Waals surface area contributed by atoms with Crippen LogP contribution in [-0.4, -0.2) is 29.2 Å². The standard InChI is InChI=1S/C12H18ClN3O/c1-8(2)10-11(13)15-7-16-12(10)14-6-9-4-3-5-17-9/h7-9H,3-6H2,1-2H3,(H,14,15,16). The van der Waals surface area contributed by atoms with E-state index in [9.17, 15) is 0 Å². The van der Waals surface area contributed by atoms with E-state index >= 15 is 0 Å². The Labute approximate surface area is 107 Å². The minimum Gasteiger partial charge on any atom is -0.376 e. The molecule has 1 saturated heterocycles. The summed E-state index contributed by atoms with van der Waals surface area (Å²) in [5.41, 5.74) is 0.979. The van der Waals surface area contributed by atoms with Crippen molar-refractivity contribution in [3.05, 3.63) is 17.0 Å². The van der Waals surface area contributed by atoms with Crippen molar-refractivity contribution in [3.63, 3.8) is 0 Å². The lowest BCUT2D eigenvalue weighted by molar-refractivity contribution is 0.120. The van der Waals surface area contributed by atoms with E-state index in [4.69, 9.17) is 16.3 Å². The fourth-order valence-electron chi connectivity index (χ4n) is 2.04. The Hall–Kier alpha value is -0.870. The summed E-state index contributed by atoms with van der Waals surface area (Å²) in [5, 5.41) is 3.85. The maximum atomic E-state index is 6.10. The van der Waals surface area contributed by atoms with E-state index in [1.807, 2.05) is 0 Å². The van der Waals surface area contributed by atoms with Gasteiger partial charge >= 0.3 is 0 Å². The fraction of sp³-hybridized carbons (Fsp3) is 0.667. The van der Waals surface area contributed by atoms with E-state index in [0.29, 0.717) is 17.2 Å². The number of hydrogen-bond acceptors (Lipinski definition) is 4. The first-order valence-electron chi connectivity index (χ1n) is 6.04. The SMILES string of the molecule is CC(C)c1c(Cl)ncnc1NCC1CCCO1. The first-order chi connectivity index (χ1) is 8.18. The molecule has 0 radical (unpaired) electrons. The van der Waals surface area contributed by atoms with E-state index in [-0.39, 0.29) is 0 Å². The van der Waals surface area contributed by atoms with Crippen molar-refractivity contribution in [2.45, 2.75) is 38.7 Å². The van der Waals surface area contributed by atoms with Crippen molar-refractivity contribution in [3.8, 4) is 0 Å². The Morgan fingerprint density at radius 1 is 1.53 bits per heavy atom. The van der Waals surface area contributed by atoms with Gasteiger partial charge in [0.1, 0.15) is 17.3 Å². The monoisotopic (exact) mass is 255 g/mol. The molecule has 1 atom stereocenters. The Bertz CT molecular complexity index is 378. The minimum absolute atomic E-state index is 0.295. The molecule has 1 aliphatic heterocycles. The molecule has 1 aromatic rings. The lowest BCUT2D eigenvalue weighted by atomic mass is 10.1. The molecule has 0 saturated carbocycles. The van der Waals surface area contributed by atoms with Gasteiger partial charge in [0.2, 0.25) is 0 Å². The molecule has 1 unspecified atom stereocenters. The van der Waals surface area contributed by atoms with Gasteiger partial charge in [0.15, 0.2) is 0 Å². The molecular weight excluding hydrogens is 238 g/mol. The maximum absolute atomic E-state index is 6.10. The zero-order chi connectivity index (χ0) is 12.3. The Kier molecular flexibility index (Phi) is 4.18. The molecule has 0 aromatic carbocycles. The zero-order valence-electron chi connectivity index (χ0n) is 10.2. The Morgan fingerprint density at radius 3 is 3.00 bits per heavy atom. The van der Waals surface area contributed by atoms with Crippen LogP contribution >= 0.6 is 11.6 Å². The van der Waals surface area contributed by atoms with Crippen molar-refractivity contribution < 1.29 is 4.74 Å². The quantitative estimate of drug-likeness (QED) is 0.841. The summed E-state index contributed by atoms with van der Waals surface area (Å²) < 4.78 is 5.57. The summed E-state index contributed by atoms with van der Waals surface area (Å²) in [4.78, 5) is 8.28. The summed E-state index contributed by atoms with van der Waals surface area (Å²) in [5.74, 6) is 1.13. The molecule has 4 nitrogen and oxygen atoms in total. The molecule has 2 heterocycles. The molecule has 1 fully saturated rings. The summed E-state index contributed by atoms with van der Waals surface area (Å²) in [6.07, 6.45) is 4.05. The van der Waals surface area contributed by atoms with Gasteiger partial charge in [-0.05, 0) is 18.8 Å². The predicted molar refractivity (Wildman–Crippen MR) is 68.6 cm³/mol. The number of ether oxygens (including phenoxy) is 1. The second-order valence-corrected chi connectivity index (χ2v) is 4.96. The first-order valence-corrected chi connectivity index (χ1v) is 6.42. The zero-order valence-corrected chi connectivity index (χ0v) is 11.0. The van der Waals surface area contributed by atoms with Crippen LogP contribution in [0.3, 0.4) is 0 Å². The normalized spacial score (nSPS) is 19.9. The van der Waals surface area contributed by atoms with Gasteiger partial charge in [-0.1, -0.05) is 25.4 Å². The number of rotatable bonds is 4. The van der Waals surface area contributed by atoms with E-state index in [1.54, 1.807) is 0 Å². The van der Waals surface area contributed by atoms with Crippen molar-refractivity contribution >= 4 is 17.4 Å². The van der Waals surface area contributed by atoms with Gasteiger partial charge in [-0.15, -0.1) is 0 Å². The first kappa shape index (κ1) is 12.6. The molecule has 1 aromatic heterocycles. The Morgan fingerprint density at radius 2 is 2.35 bits per heavy atom. The van der Waals surface area contributed by atoms with Gasteiger partial charge in [0, 0.05) is 18.7 Å². The largest absolute Gasteiger partial charge is 0.376 e. The van der Waals surface area contributed by atoms with Gasteiger partial charge in [-0.2, -0.15) is 0 Å². The van der Waals surface area contributed by atoms with Gasteiger partial charge in [0.25, 0.3) is 0 Å². The Balaban J connectivity index is 2.06. The number of halogens is 1. The summed E-state index contributed by atoms with van der Waals surface area (Å²) in [7, 11) is 0. The van der Waals surface area contributed by atoms with E-state index in [0.717, 1.165) is 37.4 Å². The lowest BCUT2D eigenvalue weighted by Crippen LogP contribution is -2.20. The number of anilines is 1. The topological polar surface area (TPSA) is 47.0 Å². The highest BCUT2D eigenvalue weighted by atomic mass is 35.5. The van der Waals surface area contributed by atoms with Crippen LogP contribution in [-0.2, 0) is 4.74 Å². The predicted octanol–water partition coefficient (Wildman–Crippen LogP) is 2.84. The molecule has 0 spiro atoms. The van der Waals surface area contributed by atoms with Crippen LogP contribution < -0.4 is 5.32 Å². The molecular formula is C12H18ClN3O. The molecule has 94 valence electrons. The van der Waals surface area contributed by atoms with Crippen LogP contribution in [0.15, 0.2) is 6.33 Å². The average Bonchev–Trinajstić information content (AvgIpc) is 2.78. The number of nitrogens with zero attached hydrogens (tertiary/aromatic N) is 2. The molecule has 1 aliphatic rings. The third-order valence-electron chi connectivity index (χ3n) is 2.93. The molecule has 5 heteroatoms. The highest BCUT2D eigenvalue weighted by molar-refractivity contribution is 6.30. The van der Waals surface area contributed by atoms with Crippen molar-refractivity contribution in [2.75, 3.05) is 18.5 Å². The van der Waals surface area contributed by atoms with Gasteiger partial charge in [0.05, 0.1) is 6.10 Å². The van der Waals surface area contributed by atoms with Crippen molar-refractivity contribution in [2.24, 2.45) is 0 Å². The maximum Gasteiger partial charge on any atom is 0.138 e. The van der Waals surface area contributed by atoms with E-state index < -0.39 is 0 Å². The second-order valence-electron chi connectivity index (χ2n) is 4.60. The van der Waals surface area contributed by atoms with Crippen LogP contribution in [0.1, 0.15) is 38.2 Å². The number of hydrogen-bond donors (Lipinski definition) is 1. The smallest absolute Gasteiger partial charge is 0.138 e. The summed E-state index contributed by atoms with van der Waals surface area (Å²) >= 11 is 6.10. The molecule has 1 N–H and O–H groups in total. The van der Waals surface area contributed by atoms with Crippen molar-refractivity contribution in [1.82, 2.24) is 9.97 Å². The highest BCUT2D eigenvalue weighted by Crippen LogP contribution is 2.28. The molecule has 0 amide bonds. The van der Waals surface area contributed by atoms with Crippen LogP contribution in [0.5, 0.6) is 0 Å². The fourth-order valence-corrected chi connectivity index (χ4v) is 2.39. The molecule has 0 bridgehead atoms. The molecule has 0 aliphatic carbocycles. The average molecular weight is 256 g/mol.